The normalized spacial score (nSPS) is 11.5. The van der Waals surface area contributed by atoms with Crippen molar-refractivity contribution in [2.24, 2.45) is 0 Å². The second kappa shape index (κ2) is 5.84. The zero-order valence-electron chi connectivity index (χ0n) is 9.52. The minimum atomic E-state index is -3.01. The maximum atomic E-state index is 11.1. The zero-order valence-corrected chi connectivity index (χ0v) is 11.8. The van der Waals surface area contributed by atoms with Gasteiger partial charge in [-0.2, -0.15) is 0 Å². The third-order valence-electron chi connectivity index (χ3n) is 2.16. The number of alkyl halides is 1. The molecule has 0 amide bonds. The molecule has 96 valence electrons. The molecule has 5 nitrogen and oxygen atoms in total. The highest BCUT2D eigenvalue weighted by molar-refractivity contribution is 7.90. The van der Waals surface area contributed by atoms with Gasteiger partial charge in [-0.1, -0.05) is 11.6 Å². The quantitative estimate of drug-likeness (QED) is 0.606. The van der Waals surface area contributed by atoms with E-state index in [9.17, 15) is 8.42 Å². The van der Waals surface area contributed by atoms with Gasteiger partial charge in [0.05, 0.1) is 11.6 Å². The predicted molar refractivity (Wildman–Crippen MR) is 69.6 cm³/mol. The van der Waals surface area contributed by atoms with Gasteiger partial charge < -0.3 is 4.90 Å². The van der Waals surface area contributed by atoms with Crippen LogP contribution in [0, 0.1) is 0 Å². The molecule has 1 aromatic rings. The molecule has 17 heavy (non-hydrogen) atoms. The number of anilines is 1. The molecule has 0 fully saturated rings. The van der Waals surface area contributed by atoms with E-state index in [0.717, 1.165) is 0 Å². The molecule has 1 aromatic heterocycles. The molecule has 0 aliphatic heterocycles. The molecular weight excluding hydrogens is 285 g/mol. The van der Waals surface area contributed by atoms with Gasteiger partial charge in [0.2, 0.25) is 0 Å². The Morgan fingerprint density at radius 1 is 1.41 bits per heavy atom. The fourth-order valence-electron chi connectivity index (χ4n) is 1.23. The van der Waals surface area contributed by atoms with Gasteiger partial charge in [-0.25, -0.2) is 18.4 Å². The fourth-order valence-corrected chi connectivity index (χ4v) is 2.35. The van der Waals surface area contributed by atoms with Crippen molar-refractivity contribution in [2.75, 3.05) is 30.5 Å². The summed E-state index contributed by atoms with van der Waals surface area (Å²) >= 11 is 11.6. The minimum absolute atomic E-state index is 0.0485. The first-order valence-corrected chi connectivity index (χ1v) is 7.76. The number of hydrogen-bond acceptors (Lipinski definition) is 5. The number of rotatable bonds is 5. The Morgan fingerprint density at radius 3 is 2.59 bits per heavy atom. The van der Waals surface area contributed by atoms with Crippen LogP contribution in [0.2, 0.25) is 5.15 Å². The van der Waals surface area contributed by atoms with E-state index in [2.05, 4.69) is 9.97 Å². The second-order valence-corrected chi connectivity index (χ2v) is 6.54. The van der Waals surface area contributed by atoms with Crippen molar-refractivity contribution in [2.45, 2.75) is 5.88 Å². The largest absolute Gasteiger partial charge is 0.358 e. The van der Waals surface area contributed by atoms with Crippen molar-refractivity contribution in [3.05, 3.63) is 17.0 Å². The molecular formula is C9H13Cl2N3O2S. The van der Waals surface area contributed by atoms with Crippen LogP contribution < -0.4 is 4.90 Å². The van der Waals surface area contributed by atoms with E-state index in [1.54, 1.807) is 11.9 Å². The van der Waals surface area contributed by atoms with E-state index >= 15 is 0 Å². The minimum Gasteiger partial charge on any atom is -0.358 e. The SMILES string of the molecule is CN(CCS(C)(=O)=O)c1ncnc(Cl)c1CCl. The van der Waals surface area contributed by atoms with Crippen LogP contribution in [0.15, 0.2) is 6.33 Å². The summed E-state index contributed by atoms with van der Waals surface area (Å²) in [6, 6.07) is 0. The Bertz CT molecular complexity index is 493. The first-order chi connectivity index (χ1) is 7.85. The molecule has 0 saturated carbocycles. The standard InChI is InChI=1S/C9H13Cl2N3O2S/c1-14(3-4-17(2,15)16)9-7(5-10)8(11)12-6-13-9/h6H,3-5H2,1-2H3. The summed E-state index contributed by atoms with van der Waals surface area (Å²) in [4.78, 5) is 9.59. The average Bonchev–Trinajstić information content (AvgIpc) is 2.24. The fraction of sp³-hybridized carbons (Fsp3) is 0.556. The molecule has 0 unspecified atom stereocenters. The summed E-state index contributed by atoms with van der Waals surface area (Å²) in [6.07, 6.45) is 2.51. The lowest BCUT2D eigenvalue weighted by molar-refractivity contribution is 0.601. The average molecular weight is 298 g/mol. The zero-order chi connectivity index (χ0) is 13.1. The van der Waals surface area contributed by atoms with E-state index in [1.165, 1.54) is 12.6 Å². The van der Waals surface area contributed by atoms with E-state index < -0.39 is 9.84 Å². The van der Waals surface area contributed by atoms with Crippen molar-refractivity contribution in [3.63, 3.8) is 0 Å². The molecule has 0 saturated heterocycles. The lowest BCUT2D eigenvalue weighted by atomic mass is 10.3. The Balaban J connectivity index is 2.89. The number of sulfone groups is 1. The Hall–Kier alpha value is -0.590. The Labute approximate surface area is 111 Å². The molecule has 0 bridgehead atoms. The maximum Gasteiger partial charge on any atom is 0.149 e. The van der Waals surface area contributed by atoms with Crippen LogP contribution in [0.1, 0.15) is 5.56 Å². The monoisotopic (exact) mass is 297 g/mol. The van der Waals surface area contributed by atoms with Gasteiger partial charge in [0.25, 0.3) is 0 Å². The van der Waals surface area contributed by atoms with Crippen molar-refractivity contribution >= 4 is 38.9 Å². The van der Waals surface area contributed by atoms with E-state index in [-0.39, 0.29) is 16.8 Å². The molecule has 0 aromatic carbocycles. The third kappa shape index (κ3) is 4.29. The molecule has 0 aliphatic carbocycles. The van der Waals surface area contributed by atoms with Gasteiger partial charge >= 0.3 is 0 Å². The van der Waals surface area contributed by atoms with Gasteiger partial charge in [0.1, 0.15) is 27.1 Å². The van der Waals surface area contributed by atoms with Crippen LogP contribution in [0.25, 0.3) is 0 Å². The molecule has 0 atom stereocenters. The highest BCUT2D eigenvalue weighted by atomic mass is 35.5. The lowest BCUT2D eigenvalue weighted by Gasteiger charge is -2.20. The van der Waals surface area contributed by atoms with Crippen LogP contribution in [0.4, 0.5) is 5.82 Å². The second-order valence-electron chi connectivity index (χ2n) is 3.65. The highest BCUT2D eigenvalue weighted by Crippen LogP contribution is 2.23. The Morgan fingerprint density at radius 2 is 2.06 bits per heavy atom. The summed E-state index contributed by atoms with van der Waals surface area (Å²) in [5.74, 6) is 0.786. The van der Waals surface area contributed by atoms with E-state index in [0.29, 0.717) is 17.9 Å². The van der Waals surface area contributed by atoms with Crippen LogP contribution in [0.5, 0.6) is 0 Å². The summed E-state index contributed by atoms with van der Waals surface area (Å²) in [5, 5.41) is 0.288. The predicted octanol–water partition coefficient (Wildman–Crippen LogP) is 1.35. The van der Waals surface area contributed by atoms with E-state index in [1.807, 2.05) is 0 Å². The van der Waals surface area contributed by atoms with Crippen molar-refractivity contribution in [1.29, 1.82) is 0 Å². The first-order valence-electron chi connectivity index (χ1n) is 4.79. The van der Waals surface area contributed by atoms with Crippen LogP contribution in [-0.4, -0.2) is 44.0 Å². The molecule has 0 radical (unpaired) electrons. The van der Waals surface area contributed by atoms with Gasteiger partial charge in [-0.3, -0.25) is 0 Å². The molecule has 0 spiro atoms. The lowest BCUT2D eigenvalue weighted by Crippen LogP contribution is -2.26. The van der Waals surface area contributed by atoms with Crippen molar-refractivity contribution < 1.29 is 8.42 Å². The van der Waals surface area contributed by atoms with E-state index in [4.69, 9.17) is 23.2 Å². The molecule has 0 N–H and O–H groups in total. The summed E-state index contributed by atoms with van der Waals surface area (Å²) in [6.45, 7) is 0.329. The van der Waals surface area contributed by atoms with Gasteiger partial charge in [0.15, 0.2) is 0 Å². The maximum absolute atomic E-state index is 11.1. The third-order valence-corrected chi connectivity index (χ3v) is 3.68. The topological polar surface area (TPSA) is 63.2 Å². The smallest absolute Gasteiger partial charge is 0.149 e. The number of aromatic nitrogens is 2. The van der Waals surface area contributed by atoms with Crippen molar-refractivity contribution in [3.8, 4) is 0 Å². The summed E-state index contributed by atoms with van der Waals surface area (Å²) in [5.41, 5.74) is 0.604. The first kappa shape index (κ1) is 14.5. The Kier molecular flexibility index (Phi) is 4.97. The highest BCUT2D eigenvalue weighted by Gasteiger charge is 2.14. The summed E-state index contributed by atoms with van der Waals surface area (Å²) < 4.78 is 22.2. The van der Waals surface area contributed by atoms with Gasteiger partial charge in [0, 0.05) is 25.4 Å². The number of halogens is 2. The molecule has 0 aliphatic rings. The van der Waals surface area contributed by atoms with Crippen LogP contribution in [0.3, 0.4) is 0 Å². The summed E-state index contributed by atoms with van der Waals surface area (Å²) in [7, 11) is -1.27. The van der Waals surface area contributed by atoms with Gasteiger partial charge in [-0.15, -0.1) is 11.6 Å². The van der Waals surface area contributed by atoms with Crippen molar-refractivity contribution in [1.82, 2.24) is 9.97 Å². The van der Waals surface area contributed by atoms with Crippen LogP contribution in [-0.2, 0) is 15.7 Å². The molecule has 1 heterocycles. The number of nitrogens with zero attached hydrogens (tertiary/aromatic N) is 3. The number of hydrogen-bond donors (Lipinski definition) is 0. The van der Waals surface area contributed by atoms with Crippen LogP contribution >= 0.6 is 23.2 Å². The molecule has 8 heteroatoms. The molecule has 1 rings (SSSR count). The van der Waals surface area contributed by atoms with Gasteiger partial charge in [-0.05, 0) is 0 Å².